The zero-order valence-corrected chi connectivity index (χ0v) is 20.4. The number of rotatable bonds is 4. The van der Waals surface area contributed by atoms with Crippen LogP contribution in [0, 0.1) is 5.82 Å². The van der Waals surface area contributed by atoms with Crippen molar-refractivity contribution in [1.82, 2.24) is 24.4 Å². The Labute approximate surface area is 205 Å². The normalized spacial score (nSPS) is 15.0. The number of fused-ring (bicyclic) bond motifs is 1. The van der Waals surface area contributed by atoms with Gasteiger partial charge in [-0.15, -0.1) is 0 Å². The maximum absolute atomic E-state index is 13.6. The molecule has 0 radical (unpaired) electrons. The molecule has 2 aromatic heterocycles. The molecule has 0 aliphatic carbocycles. The Hall–Kier alpha value is -3.58. The summed E-state index contributed by atoms with van der Waals surface area (Å²) in [6, 6.07) is 20.4. The Morgan fingerprint density at radius 1 is 0.943 bits per heavy atom. The van der Waals surface area contributed by atoms with Gasteiger partial charge in [-0.05, 0) is 35.9 Å². The number of halogens is 1. The molecule has 1 aliphatic heterocycles. The largest absolute Gasteiger partial charge is 0.335 e. The highest BCUT2D eigenvalue weighted by Gasteiger charge is 2.26. The number of hydrogen-bond acceptors (Lipinski definition) is 4. The van der Waals surface area contributed by atoms with Crippen LogP contribution in [0.25, 0.3) is 16.9 Å². The third-order valence-electron chi connectivity index (χ3n) is 6.46. The van der Waals surface area contributed by atoms with Crippen LogP contribution in [0.4, 0.5) is 4.39 Å². The molecule has 1 aliphatic rings. The van der Waals surface area contributed by atoms with Gasteiger partial charge < -0.3 is 4.90 Å². The fourth-order valence-electron chi connectivity index (χ4n) is 4.39. The highest BCUT2D eigenvalue weighted by atomic mass is 19.1. The molecule has 2 aromatic carbocycles. The molecule has 0 atom stereocenters. The lowest BCUT2D eigenvalue weighted by atomic mass is 9.93. The summed E-state index contributed by atoms with van der Waals surface area (Å²) in [4.78, 5) is 22.4. The molecule has 3 heterocycles. The van der Waals surface area contributed by atoms with E-state index in [0.717, 1.165) is 36.6 Å². The van der Waals surface area contributed by atoms with Crippen LogP contribution in [0.3, 0.4) is 0 Å². The van der Waals surface area contributed by atoms with E-state index in [9.17, 15) is 9.18 Å². The van der Waals surface area contributed by atoms with Gasteiger partial charge in [0, 0.05) is 49.8 Å². The molecule has 35 heavy (non-hydrogen) atoms. The number of benzene rings is 2. The number of carbonyl (C=O) groups is 1. The van der Waals surface area contributed by atoms with Crippen molar-refractivity contribution < 1.29 is 9.18 Å². The van der Waals surface area contributed by atoms with Crippen molar-refractivity contribution in [3.8, 4) is 11.3 Å². The Morgan fingerprint density at radius 3 is 2.29 bits per heavy atom. The summed E-state index contributed by atoms with van der Waals surface area (Å²) in [6.07, 6.45) is 0. The topological polar surface area (TPSA) is 53.7 Å². The minimum absolute atomic E-state index is 0.0891. The minimum atomic E-state index is -0.306. The van der Waals surface area contributed by atoms with Crippen molar-refractivity contribution >= 4 is 11.6 Å². The van der Waals surface area contributed by atoms with Crippen LogP contribution in [-0.2, 0) is 12.0 Å². The number of aromatic nitrogens is 3. The molecule has 0 spiro atoms. The molecule has 0 N–H and O–H groups in total. The van der Waals surface area contributed by atoms with Gasteiger partial charge in [0.15, 0.2) is 5.65 Å². The van der Waals surface area contributed by atoms with E-state index in [1.165, 1.54) is 17.7 Å². The van der Waals surface area contributed by atoms with Crippen molar-refractivity contribution in [2.75, 3.05) is 26.2 Å². The van der Waals surface area contributed by atoms with E-state index in [1.54, 1.807) is 22.7 Å². The van der Waals surface area contributed by atoms with E-state index in [-0.39, 0.29) is 17.1 Å². The fraction of sp³-hybridized carbons (Fsp3) is 0.321. The van der Waals surface area contributed by atoms with Crippen molar-refractivity contribution in [2.45, 2.75) is 32.7 Å². The molecule has 0 unspecified atom stereocenters. The van der Waals surface area contributed by atoms with Crippen LogP contribution in [0.15, 0.2) is 66.7 Å². The van der Waals surface area contributed by atoms with Gasteiger partial charge in [0.2, 0.25) is 0 Å². The van der Waals surface area contributed by atoms with Crippen molar-refractivity contribution in [1.29, 1.82) is 0 Å². The smallest absolute Gasteiger partial charge is 0.272 e. The van der Waals surface area contributed by atoms with Crippen molar-refractivity contribution in [3.05, 3.63) is 89.5 Å². The summed E-state index contributed by atoms with van der Waals surface area (Å²) in [7, 11) is 0. The SMILES string of the molecule is CC(C)(C)c1cc2nc(C(=O)N3CCN(Cc4ccccc4)CC3)cc(-c3ccc(F)cc3)n2n1. The second-order valence-corrected chi connectivity index (χ2v) is 10.1. The van der Waals surface area contributed by atoms with Gasteiger partial charge in [-0.25, -0.2) is 13.9 Å². The van der Waals surface area contributed by atoms with E-state index in [1.807, 2.05) is 17.0 Å². The van der Waals surface area contributed by atoms with Crippen molar-refractivity contribution in [2.24, 2.45) is 0 Å². The number of carbonyl (C=O) groups excluding carboxylic acids is 1. The quantitative estimate of drug-likeness (QED) is 0.429. The number of nitrogens with zero attached hydrogens (tertiary/aromatic N) is 5. The summed E-state index contributed by atoms with van der Waals surface area (Å²) in [5.74, 6) is -0.395. The summed E-state index contributed by atoms with van der Waals surface area (Å²) in [5.41, 5.74) is 4.48. The lowest BCUT2D eigenvalue weighted by Crippen LogP contribution is -2.48. The summed E-state index contributed by atoms with van der Waals surface area (Å²) in [6.45, 7) is 10.1. The number of hydrogen-bond donors (Lipinski definition) is 0. The maximum Gasteiger partial charge on any atom is 0.272 e. The highest BCUT2D eigenvalue weighted by molar-refractivity contribution is 5.94. The molecule has 0 bridgehead atoms. The molecule has 1 saturated heterocycles. The first-order valence-corrected chi connectivity index (χ1v) is 12.0. The van der Waals surface area contributed by atoms with E-state index >= 15 is 0 Å². The Bertz CT molecular complexity index is 1330. The van der Waals surface area contributed by atoms with Gasteiger partial charge in [0.05, 0.1) is 11.4 Å². The van der Waals surface area contributed by atoms with Crippen LogP contribution in [-0.4, -0.2) is 56.5 Å². The van der Waals surface area contributed by atoms with E-state index < -0.39 is 0 Å². The van der Waals surface area contributed by atoms with E-state index in [2.05, 4.69) is 49.9 Å². The third-order valence-corrected chi connectivity index (χ3v) is 6.46. The van der Waals surface area contributed by atoms with Gasteiger partial charge in [0.1, 0.15) is 11.5 Å². The van der Waals surface area contributed by atoms with Gasteiger partial charge in [0.25, 0.3) is 5.91 Å². The second kappa shape index (κ2) is 9.23. The van der Waals surface area contributed by atoms with Crippen LogP contribution < -0.4 is 0 Å². The van der Waals surface area contributed by atoms with Gasteiger partial charge >= 0.3 is 0 Å². The summed E-state index contributed by atoms with van der Waals surface area (Å²) >= 11 is 0. The number of piperazine rings is 1. The Morgan fingerprint density at radius 2 is 1.63 bits per heavy atom. The molecule has 4 aromatic rings. The van der Waals surface area contributed by atoms with E-state index in [0.29, 0.717) is 24.4 Å². The molecule has 1 amide bonds. The first-order valence-electron chi connectivity index (χ1n) is 12.0. The Balaban J connectivity index is 1.42. The molecule has 180 valence electrons. The lowest BCUT2D eigenvalue weighted by Gasteiger charge is -2.34. The number of amides is 1. The van der Waals surface area contributed by atoms with Gasteiger partial charge in [-0.3, -0.25) is 9.69 Å². The van der Waals surface area contributed by atoms with Crippen LogP contribution in [0.1, 0.15) is 42.5 Å². The van der Waals surface area contributed by atoms with Gasteiger partial charge in [-0.2, -0.15) is 5.10 Å². The van der Waals surface area contributed by atoms with Crippen LogP contribution in [0.2, 0.25) is 0 Å². The fourth-order valence-corrected chi connectivity index (χ4v) is 4.39. The molecular weight excluding hydrogens is 441 g/mol. The summed E-state index contributed by atoms with van der Waals surface area (Å²) < 4.78 is 15.3. The first kappa shape index (κ1) is 23.2. The molecule has 1 fully saturated rings. The standard InChI is InChI=1S/C28H30FN5O/c1-28(2,3)25-18-26-30-23(17-24(34(26)31-25)21-9-11-22(29)12-10-21)27(35)33-15-13-32(14-16-33)19-20-7-5-4-6-8-20/h4-12,17-18H,13-16,19H2,1-3H3. The second-order valence-electron chi connectivity index (χ2n) is 10.1. The maximum atomic E-state index is 13.6. The summed E-state index contributed by atoms with van der Waals surface area (Å²) in [5, 5.41) is 4.77. The average molecular weight is 472 g/mol. The molecule has 5 rings (SSSR count). The molecule has 7 heteroatoms. The third kappa shape index (κ3) is 4.95. The monoisotopic (exact) mass is 471 g/mol. The average Bonchev–Trinajstić information content (AvgIpc) is 3.30. The van der Waals surface area contributed by atoms with Gasteiger partial charge in [-0.1, -0.05) is 51.1 Å². The first-order chi connectivity index (χ1) is 16.8. The minimum Gasteiger partial charge on any atom is -0.335 e. The molecular formula is C28H30FN5O. The molecule has 6 nitrogen and oxygen atoms in total. The molecule has 0 saturated carbocycles. The zero-order chi connectivity index (χ0) is 24.6. The van der Waals surface area contributed by atoms with E-state index in [4.69, 9.17) is 10.1 Å². The lowest BCUT2D eigenvalue weighted by molar-refractivity contribution is 0.0623. The van der Waals surface area contributed by atoms with Crippen molar-refractivity contribution in [3.63, 3.8) is 0 Å². The van der Waals surface area contributed by atoms with Crippen LogP contribution >= 0.6 is 0 Å². The predicted molar refractivity (Wildman–Crippen MR) is 135 cm³/mol. The Kier molecular flexibility index (Phi) is 6.11. The predicted octanol–water partition coefficient (Wildman–Crippen LogP) is 4.79. The van der Waals surface area contributed by atoms with Crippen LogP contribution in [0.5, 0.6) is 0 Å². The zero-order valence-electron chi connectivity index (χ0n) is 20.4. The highest BCUT2D eigenvalue weighted by Crippen LogP contribution is 2.27.